The lowest BCUT2D eigenvalue weighted by atomic mass is 9.97. The van der Waals surface area contributed by atoms with E-state index in [-0.39, 0.29) is 23.3 Å². The van der Waals surface area contributed by atoms with Crippen molar-refractivity contribution in [1.29, 1.82) is 0 Å². The molecule has 7 aromatic rings. The first kappa shape index (κ1) is 43.2. The van der Waals surface area contributed by atoms with Crippen LogP contribution in [-0.2, 0) is 9.53 Å². The molecule has 61 heavy (non-hydrogen) atoms. The second kappa shape index (κ2) is 19.7. The summed E-state index contributed by atoms with van der Waals surface area (Å²) in [4.78, 5) is 31.0. The summed E-state index contributed by atoms with van der Waals surface area (Å²) in [6.45, 7) is 10.6. The second-order valence-electron chi connectivity index (χ2n) is 14.4. The third-order valence-electron chi connectivity index (χ3n) is 10.3. The number of ether oxygens (including phenoxy) is 2. The largest absolute Gasteiger partial charge is 0.508 e. The van der Waals surface area contributed by atoms with Gasteiger partial charge in [0.2, 0.25) is 6.41 Å². The number of aromatic nitrogens is 3. The van der Waals surface area contributed by atoms with E-state index in [1.54, 1.807) is 78.1 Å². The molecule has 1 atom stereocenters. The standard InChI is InChI=1S/C28H27NO6S.C19H19ClN4S/c30-18-29-13-1-2-14-34-15-16-35-23-10-5-19(6-11-23)27(33)26-24-12-9-22(32)17-25(24)36-28(26)20-3-7-21(31)8-4-20;1-5-15-18-23-22-12(4)24(18)19-16(10(2)11(3)25-19)17(21-15)13-6-8-14(20)9-7-13/h3-12,17-18,31-32H,1-2,13-16H2,(H,29,30);6-9,15H,5H2,1-4H3. The van der Waals surface area contributed by atoms with E-state index in [1.807, 2.05) is 31.2 Å². The summed E-state index contributed by atoms with van der Waals surface area (Å²) >= 11 is 9.30. The van der Waals surface area contributed by atoms with Gasteiger partial charge in [-0.2, -0.15) is 0 Å². The minimum atomic E-state index is -0.131. The molecule has 1 amide bonds. The quantitative estimate of drug-likeness (QED) is 0.0524. The molecular formula is C47H46ClN5O6S2. The van der Waals surface area contributed by atoms with Crippen LogP contribution in [0, 0.1) is 20.8 Å². The molecule has 4 heterocycles. The van der Waals surface area contributed by atoms with E-state index in [9.17, 15) is 19.8 Å². The summed E-state index contributed by atoms with van der Waals surface area (Å²) < 4.78 is 14.2. The van der Waals surface area contributed by atoms with Crippen LogP contribution in [0.3, 0.4) is 0 Å². The fraction of sp³-hybridized carbons (Fsp3) is 0.255. The number of carbonyl (C=O) groups excluding carboxylic acids is 2. The number of carbonyl (C=O) groups is 2. The number of hydrogen-bond acceptors (Lipinski definition) is 11. The van der Waals surface area contributed by atoms with E-state index in [2.05, 4.69) is 40.9 Å². The van der Waals surface area contributed by atoms with Gasteiger partial charge in [0.1, 0.15) is 40.7 Å². The molecule has 1 aliphatic heterocycles. The molecule has 0 fully saturated rings. The first-order valence-corrected chi connectivity index (χ1v) is 22.0. The molecule has 0 aliphatic carbocycles. The average molecular weight is 877 g/mol. The maximum atomic E-state index is 13.6. The minimum Gasteiger partial charge on any atom is -0.508 e. The molecule has 8 rings (SSSR count). The number of aryl methyl sites for hydroxylation is 2. The Bertz CT molecular complexity index is 2670. The van der Waals surface area contributed by atoms with Crippen molar-refractivity contribution in [1.82, 2.24) is 20.1 Å². The fourth-order valence-corrected chi connectivity index (χ4v) is 9.63. The highest BCUT2D eigenvalue weighted by atomic mass is 35.5. The van der Waals surface area contributed by atoms with Crippen molar-refractivity contribution in [2.75, 3.05) is 26.4 Å². The van der Waals surface area contributed by atoms with Crippen LogP contribution in [0.2, 0.25) is 5.02 Å². The smallest absolute Gasteiger partial charge is 0.207 e. The first-order valence-electron chi connectivity index (χ1n) is 20.0. The van der Waals surface area contributed by atoms with Gasteiger partial charge in [0.05, 0.1) is 12.3 Å². The van der Waals surface area contributed by atoms with Crippen LogP contribution in [0.4, 0.5) is 0 Å². The highest BCUT2D eigenvalue weighted by Crippen LogP contribution is 2.42. The lowest BCUT2D eigenvalue weighted by Crippen LogP contribution is -2.13. The number of aliphatic imine (C=N–C) groups is 1. The summed E-state index contributed by atoms with van der Waals surface area (Å²) in [5, 5.41) is 33.7. The summed E-state index contributed by atoms with van der Waals surface area (Å²) in [7, 11) is 0. The van der Waals surface area contributed by atoms with Gasteiger partial charge in [0.25, 0.3) is 0 Å². The van der Waals surface area contributed by atoms with Gasteiger partial charge in [-0.1, -0.05) is 30.7 Å². The van der Waals surface area contributed by atoms with Crippen LogP contribution in [0.25, 0.3) is 25.5 Å². The van der Waals surface area contributed by atoms with Crippen molar-refractivity contribution < 1.29 is 29.3 Å². The number of fused-ring (bicyclic) bond motifs is 4. The predicted molar refractivity (Wildman–Crippen MR) is 244 cm³/mol. The number of phenolic OH excluding ortho intramolecular Hbond substituents is 2. The Labute approximate surface area is 367 Å². The van der Waals surface area contributed by atoms with Gasteiger partial charge in [0.15, 0.2) is 11.6 Å². The summed E-state index contributed by atoms with van der Waals surface area (Å²) in [5.41, 5.74) is 6.46. The lowest BCUT2D eigenvalue weighted by molar-refractivity contribution is -0.109. The van der Waals surface area contributed by atoms with Gasteiger partial charge < -0.3 is 25.0 Å². The number of unbranched alkanes of at least 4 members (excludes halogenated alkanes) is 1. The highest BCUT2D eigenvalue weighted by Gasteiger charge is 2.30. The van der Waals surface area contributed by atoms with Crippen molar-refractivity contribution in [3.05, 3.63) is 140 Å². The number of ketones is 1. The molecule has 0 spiro atoms. The Balaban J connectivity index is 0.000000196. The van der Waals surface area contributed by atoms with Gasteiger partial charge in [-0.05, 0) is 130 Å². The molecule has 4 aromatic carbocycles. The summed E-state index contributed by atoms with van der Waals surface area (Å²) in [5.74, 6) is 2.63. The number of halogens is 1. The number of nitrogens with zero attached hydrogens (tertiary/aromatic N) is 4. The highest BCUT2D eigenvalue weighted by molar-refractivity contribution is 7.22. The SMILES string of the molecule is CCC1N=C(c2ccc(Cl)cc2)c2c(sc(C)c2C)-n2c(C)nnc21.O=CNCCCCOCCOc1ccc(C(=O)c2c(-c3ccc(O)cc3)sc3cc(O)ccc23)cc1. The summed E-state index contributed by atoms with van der Waals surface area (Å²) in [6.07, 6.45) is 3.30. The monoisotopic (exact) mass is 875 g/mol. The van der Waals surface area contributed by atoms with Gasteiger partial charge in [-0.15, -0.1) is 32.9 Å². The van der Waals surface area contributed by atoms with E-state index < -0.39 is 0 Å². The van der Waals surface area contributed by atoms with Crippen LogP contribution >= 0.6 is 34.3 Å². The maximum Gasteiger partial charge on any atom is 0.207 e. The molecule has 0 saturated carbocycles. The Morgan fingerprint density at radius 1 is 0.869 bits per heavy atom. The molecule has 1 unspecified atom stereocenters. The van der Waals surface area contributed by atoms with E-state index >= 15 is 0 Å². The predicted octanol–water partition coefficient (Wildman–Crippen LogP) is 10.3. The maximum absolute atomic E-state index is 13.6. The third-order valence-corrected chi connectivity index (χ3v) is 13.0. The molecule has 0 radical (unpaired) electrons. The van der Waals surface area contributed by atoms with E-state index in [0.29, 0.717) is 49.7 Å². The number of thiophene rings is 2. The van der Waals surface area contributed by atoms with Gasteiger partial charge in [-0.25, -0.2) is 0 Å². The zero-order chi connectivity index (χ0) is 43.0. The summed E-state index contributed by atoms with van der Waals surface area (Å²) in [6, 6.07) is 26.6. The van der Waals surface area contributed by atoms with Crippen molar-refractivity contribution in [2.24, 2.45) is 4.99 Å². The zero-order valence-electron chi connectivity index (χ0n) is 34.3. The molecule has 1 aliphatic rings. The number of aromatic hydroxyl groups is 2. The molecular weight excluding hydrogens is 830 g/mol. The normalized spacial score (nSPS) is 13.1. The van der Waals surface area contributed by atoms with Crippen LogP contribution in [0.5, 0.6) is 17.2 Å². The van der Waals surface area contributed by atoms with Gasteiger partial charge in [-0.3, -0.25) is 19.1 Å². The number of amides is 1. The fourth-order valence-electron chi connectivity index (χ4n) is 7.05. The molecule has 0 saturated heterocycles. The van der Waals surface area contributed by atoms with Crippen molar-refractivity contribution in [3.63, 3.8) is 0 Å². The number of benzene rings is 4. The Morgan fingerprint density at radius 3 is 2.31 bits per heavy atom. The number of rotatable bonds is 15. The Morgan fingerprint density at radius 2 is 1.59 bits per heavy atom. The van der Waals surface area contributed by atoms with Crippen LogP contribution < -0.4 is 10.1 Å². The topological polar surface area (TPSA) is 148 Å². The van der Waals surface area contributed by atoms with Crippen LogP contribution in [0.1, 0.15) is 81.4 Å². The van der Waals surface area contributed by atoms with Gasteiger partial charge in [0, 0.05) is 60.3 Å². The van der Waals surface area contributed by atoms with Crippen molar-refractivity contribution in [2.45, 2.75) is 53.0 Å². The molecule has 11 nitrogen and oxygen atoms in total. The van der Waals surface area contributed by atoms with Crippen LogP contribution in [0.15, 0.2) is 96.0 Å². The van der Waals surface area contributed by atoms with Crippen molar-refractivity contribution >= 4 is 62.3 Å². The van der Waals surface area contributed by atoms with Gasteiger partial charge >= 0.3 is 0 Å². The molecule has 0 bridgehead atoms. The molecule has 314 valence electrons. The first-order chi connectivity index (χ1) is 29.6. The molecule has 3 aromatic heterocycles. The Kier molecular flexibility index (Phi) is 13.9. The number of nitrogens with one attached hydrogen (secondary N) is 1. The molecule has 3 N–H and O–H groups in total. The van der Waals surface area contributed by atoms with E-state index in [1.165, 1.54) is 27.3 Å². The van der Waals surface area contributed by atoms with E-state index in [4.69, 9.17) is 26.1 Å². The van der Waals surface area contributed by atoms with E-state index in [0.717, 1.165) is 72.7 Å². The second-order valence-corrected chi connectivity index (χ2v) is 17.1. The Hall–Kier alpha value is -5.86. The number of hydrogen-bond donors (Lipinski definition) is 3. The van der Waals surface area contributed by atoms with Crippen molar-refractivity contribution in [3.8, 4) is 32.7 Å². The van der Waals surface area contributed by atoms with Crippen LogP contribution in [-0.4, -0.2) is 69.2 Å². The average Bonchev–Trinajstić information content (AvgIpc) is 3.90. The lowest BCUT2D eigenvalue weighted by Gasteiger charge is -2.10. The minimum absolute atomic E-state index is 0.00816. The molecule has 14 heteroatoms. The third kappa shape index (κ3) is 9.71. The number of phenols is 2. The zero-order valence-corrected chi connectivity index (χ0v) is 36.7.